The molecule has 0 saturated heterocycles. The van der Waals surface area contributed by atoms with Crippen molar-refractivity contribution in [2.45, 2.75) is 0 Å². The lowest BCUT2D eigenvalue weighted by molar-refractivity contribution is 0.0880. The minimum atomic E-state index is -0.399. The van der Waals surface area contributed by atoms with Gasteiger partial charge in [-0.3, -0.25) is 14.9 Å². The highest BCUT2D eigenvalue weighted by Crippen LogP contribution is 2.31. The average molecular weight is 289 g/mol. The molecule has 0 atom stereocenters. The zero-order valence-corrected chi connectivity index (χ0v) is 11.5. The molecule has 5 heteroatoms. The first-order valence-electron chi connectivity index (χ1n) is 6.79. The van der Waals surface area contributed by atoms with Gasteiger partial charge in [0.05, 0.1) is 22.3 Å². The lowest BCUT2D eigenvalue weighted by Gasteiger charge is -2.09. The van der Waals surface area contributed by atoms with Crippen molar-refractivity contribution >= 4 is 28.4 Å². The fourth-order valence-electron chi connectivity index (χ4n) is 2.77. The number of benzene rings is 2. The normalized spacial score (nSPS) is 13.3. The standard InChI is InChI=1S/C17H11N3O2/c18-12-8-14(19-13-7-2-1-4-9(12)13)10-5-3-6-11-15(10)17(22)20-16(11)21/h1-8H,(H2,18,19)(H,20,21,22). The summed E-state index contributed by atoms with van der Waals surface area (Å²) in [4.78, 5) is 28.4. The van der Waals surface area contributed by atoms with E-state index in [4.69, 9.17) is 5.73 Å². The van der Waals surface area contributed by atoms with Crippen molar-refractivity contribution in [3.8, 4) is 11.3 Å². The maximum atomic E-state index is 12.0. The molecular formula is C17H11N3O2. The first-order valence-corrected chi connectivity index (χ1v) is 6.79. The number of nitrogens with one attached hydrogen (secondary N) is 1. The van der Waals surface area contributed by atoms with E-state index in [2.05, 4.69) is 10.3 Å². The number of rotatable bonds is 1. The number of amides is 2. The molecule has 1 aliphatic heterocycles. The zero-order valence-electron chi connectivity index (χ0n) is 11.5. The van der Waals surface area contributed by atoms with Gasteiger partial charge in [0.1, 0.15) is 0 Å². The van der Waals surface area contributed by atoms with Crippen LogP contribution < -0.4 is 11.1 Å². The van der Waals surface area contributed by atoms with E-state index in [1.807, 2.05) is 24.3 Å². The number of nitrogen functional groups attached to an aromatic ring is 1. The topological polar surface area (TPSA) is 85.1 Å². The van der Waals surface area contributed by atoms with Crippen LogP contribution in [-0.4, -0.2) is 16.8 Å². The van der Waals surface area contributed by atoms with E-state index >= 15 is 0 Å². The Morgan fingerprint density at radius 3 is 2.55 bits per heavy atom. The number of carbonyl (C=O) groups excluding carboxylic acids is 2. The highest BCUT2D eigenvalue weighted by molar-refractivity contribution is 6.24. The van der Waals surface area contributed by atoms with Crippen molar-refractivity contribution in [3.63, 3.8) is 0 Å². The summed E-state index contributed by atoms with van der Waals surface area (Å²) in [5.41, 5.74) is 9.35. The van der Waals surface area contributed by atoms with Crippen LogP contribution in [0.2, 0.25) is 0 Å². The number of fused-ring (bicyclic) bond motifs is 2. The number of nitrogens with two attached hydrogens (primary N) is 1. The quantitative estimate of drug-likeness (QED) is 0.673. The predicted octanol–water partition coefficient (Wildman–Crippen LogP) is 2.37. The van der Waals surface area contributed by atoms with Gasteiger partial charge in [-0.2, -0.15) is 0 Å². The largest absolute Gasteiger partial charge is 0.398 e. The number of pyridine rings is 1. The summed E-state index contributed by atoms with van der Waals surface area (Å²) in [7, 11) is 0. The SMILES string of the molecule is Nc1cc(-c2cccc3c2C(=O)NC3=O)nc2ccccc12. The Morgan fingerprint density at radius 2 is 1.68 bits per heavy atom. The fourth-order valence-corrected chi connectivity index (χ4v) is 2.77. The van der Waals surface area contributed by atoms with Crippen molar-refractivity contribution in [2.75, 3.05) is 5.73 Å². The average Bonchev–Trinajstić information content (AvgIpc) is 2.82. The first-order chi connectivity index (χ1) is 10.6. The van der Waals surface area contributed by atoms with Gasteiger partial charge < -0.3 is 5.73 Å². The summed E-state index contributed by atoms with van der Waals surface area (Å²) in [5.74, 6) is -0.778. The number of anilines is 1. The second kappa shape index (κ2) is 4.39. The second-order valence-corrected chi connectivity index (χ2v) is 5.13. The molecule has 0 spiro atoms. The van der Waals surface area contributed by atoms with Crippen molar-refractivity contribution < 1.29 is 9.59 Å². The lowest BCUT2D eigenvalue weighted by Crippen LogP contribution is -2.20. The third kappa shape index (κ3) is 1.69. The van der Waals surface area contributed by atoms with Crippen LogP contribution in [0.1, 0.15) is 20.7 Å². The summed E-state index contributed by atoms with van der Waals surface area (Å²) < 4.78 is 0. The Labute approximate surface area is 125 Å². The molecule has 22 heavy (non-hydrogen) atoms. The van der Waals surface area contributed by atoms with Gasteiger partial charge in [-0.15, -0.1) is 0 Å². The van der Waals surface area contributed by atoms with Crippen LogP contribution in [-0.2, 0) is 0 Å². The van der Waals surface area contributed by atoms with E-state index in [0.717, 1.165) is 10.9 Å². The summed E-state index contributed by atoms with van der Waals surface area (Å²) in [5, 5.41) is 3.17. The van der Waals surface area contributed by atoms with Crippen LogP contribution >= 0.6 is 0 Å². The van der Waals surface area contributed by atoms with Crippen LogP contribution in [0.4, 0.5) is 5.69 Å². The molecule has 1 aromatic heterocycles. The van der Waals surface area contributed by atoms with E-state index in [0.29, 0.717) is 28.1 Å². The zero-order chi connectivity index (χ0) is 15.3. The van der Waals surface area contributed by atoms with Crippen LogP contribution in [0.15, 0.2) is 48.5 Å². The third-order valence-corrected chi connectivity index (χ3v) is 3.79. The minimum absolute atomic E-state index is 0.356. The number of carbonyl (C=O) groups is 2. The van der Waals surface area contributed by atoms with Gasteiger partial charge in [-0.05, 0) is 18.2 Å². The molecule has 0 saturated carbocycles. The summed E-state index contributed by atoms with van der Waals surface area (Å²) in [6, 6.07) is 14.4. The maximum Gasteiger partial charge on any atom is 0.259 e. The number of aromatic nitrogens is 1. The van der Waals surface area contributed by atoms with Crippen molar-refractivity contribution in [2.24, 2.45) is 0 Å². The van der Waals surface area contributed by atoms with Crippen molar-refractivity contribution in [1.82, 2.24) is 10.3 Å². The third-order valence-electron chi connectivity index (χ3n) is 3.79. The van der Waals surface area contributed by atoms with E-state index in [9.17, 15) is 9.59 Å². The highest BCUT2D eigenvalue weighted by Gasteiger charge is 2.30. The Kier molecular flexibility index (Phi) is 2.50. The van der Waals surface area contributed by atoms with Gasteiger partial charge in [-0.25, -0.2) is 4.98 Å². The van der Waals surface area contributed by atoms with Gasteiger partial charge >= 0.3 is 0 Å². The van der Waals surface area contributed by atoms with Gasteiger partial charge in [0, 0.05) is 16.6 Å². The molecule has 106 valence electrons. The molecule has 0 fully saturated rings. The Balaban J connectivity index is 2.01. The molecule has 3 N–H and O–H groups in total. The number of para-hydroxylation sites is 1. The van der Waals surface area contributed by atoms with E-state index in [-0.39, 0.29) is 5.91 Å². The van der Waals surface area contributed by atoms with E-state index in [1.165, 1.54) is 0 Å². The van der Waals surface area contributed by atoms with E-state index < -0.39 is 5.91 Å². The van der Waals surface area contributed by atoms with Gasteiger partial charge in [0.25, 0.3) is 11.8 Å². The molecule has 0 unspecified atom stereocenters. The predicted molar refractivity (Wildman–Crippen MR) is 83.4 cm³/mol. The van der Waals surface area contributed by atoms with Crippen LogP contribution in [0.5, 0.6) is 0 Å². The van der Waals surface area contributed by atoms with Gasteiger partial charge in [0.2, 0.25) is 0 Å². The van der Waals surface area contributed by atoms with Crippen molar-refractivity contribution in [3.05, 3.63) is 59.7 Å². The first kappa shape index (κ1) is 12.5. The summed E-state index contributed by atoms with van der Waals surface area (Å²) >= 11 is 0. The van der Waals surface area contributed by atoms with Gasteiger partial charge in [0.15, 0.2) is 0 Å². The molecule has 2 heterocycles. The molecule has 2 amide bonds. The molecule has 1 aliphatic rings. The molecule has 3 aromatic rings. The second-order valence-electron chi connectivity index (χ2n) is 5.13. The molecule has 4 rings (SSSR count). The highest BCUT2D eigenvalue weighted by atomic mass is 16.2. The van der Waals surface area contributed by atoms with Crippen LogP contribution in [0.3, 0.4) is 0 Å². The monoisotopic (exact) mass is 289 g/mol. The Bertz CT molecular complexity index is 963. The molecule has 5 nitrogen and oxygen atoms in total. The minimum Gasteiger partial charge on any atom is -0.398 e. The molecule has 0 radical (unpaired) electrons. The maximum absolute atomic E-state index is 12.0. The number of hydrogen-bond donors (Lipinski definition) is 2. The van der Waals surface area contributed by atoms with Gasteiger partial charge in [-0.1, -0.05) is 30.3 Å². The molecule has 0 aliphatic carbocycles. The number of hydrogen-bond acceptors (Lipinski definition) is 4. The fraction of sp³-hybridized carbons (Fsp3) is 0. The molecular weight excluding hydrogens is 278 g/mol. The lowest BCUT2D eigenvalue weighted by atomic mass is 9.99. The number of imide groups is 1. The smallest absolute Gasteiger partial charge is 0.259 e. The van der Waals surface area contributed by atoms with Crippen molar-refractivity contribution in [1.29, 1.82) is 0 Å². The number of nitrogens with zero attached hydrogens (tertiary/aromatic N) is 1. The van der Waals surface area contributed by atoms with Crippen LogP contribution in [0, 0.1) is 0 Å². The van der Waals surface area contributed by atoms with Crippen LogP contribution in [0.25, 0.3) is 22.2 Å². The summed E-state index contributed by atoms with van der Waals surface area (Å²) in [6.45, 7) is 0. The molecule has 0 bridgehead atoms. The van der Waals surface area contributed by atoms with E-state index in [1.54, 1.807) is 24.3 Å². The summed E-state index contributed by atoms with van der Waals surface area (Å²) in [6.07, 6.45) is 0. The Hall–Kier alpha value is -3.21. The Morgan fingerprint density at radius 1 is 0.909 bits per heavy atom. The molecule has 2 aromatic carbocycles.